The number of hydrogen-bond acceptors (Lipinski definition) is 4. The molecule has 0 unspecified atom stereocenters. The molecule has 0 amide bonds. The topological polar surface area (TPSA) is 64.8 Å². The minimum atomic E-state index is 0.690. The van der Waals surface area contributed by atoms with E-state index in [1.807, 2.05) is 6.07 Å². The molecule has 5 heterocycles. The maximum atomic E-state index is 5.17. The van der Waals surface area contributed by atoms with Crippen molar-refractivity contribution in [2.45, 2.75) is 0 Å². The Bertz CT molecular complexity index is 2450. The van der Waals surface area contributed by atoms with E-state index in [0.717, 1.165) is 55.7 Å². The second-order valence-corrected chi connectivity index (χ2v) is 10.1. The van der Waals surface area contributed by atoms with E-state index >= 15 is 0 Å². The van der Waals surface area contributed by atoms with Crippen molar-refractivity contribution < 1.29 is 0 Å². The molecule has 180 valence electrons. The van der Waals surface area contributed by atoms with Crippen LogP contribution in [-0.2, 0) is 0 Å². The number of rotatable bonds is 1. The van der Waals surface area contributed by atoms with Gasteiger partial charge in [-0.2, -0.15) is 0 Å². The summed E-state index contributed by atoms with van der Waals surface area (Å²) in [5.41, 5.74) is 8.21. The molecule has 5 aromatic carbocycles. The minimum absolute atomic E-state index is 0.690. The summed E-state index contributed by atoms with van der Waals surface area (Å²) in [6, 6.07) is 31.9. The maximum absolute atomic E-state index is 5.17. The molecule has 5 aromatic heterocycles. The lowest BCUT2D eigenvalue weighted by atomic mass is 10.1. The zero-order chi connectivity index (χ0) is 25.2. The summed E-state index contributed by atoms with van der Waals surface area (Å²) in [6.07, 6.45) is 3.57. The van der Waals surface area contributed by atoms with Crippen LogP contribution in [0.1, 0.15) is 0 Å². The zero-order valence-electron chi connectivity index (χ0n) is 20.4. The van der Waals surface area contributed by atoms with Crippen molar-refractivity contribution in [3.63, 3.8) is 0 Å². The molecule has 0 radical (unpaired) electrons. The average molecular weight is 500 g/mol. The van der Waals surface area contributed by atoms with Gasteiger partial charge in [-0.3, -0.25) is 8.80 Å². The highest BCUT2D eigenvalue weighted by Gasteiger charge is 2.25. The Morgan fingerprint density at radius 1 is 0.462 bits per heavy atom. The first-order chi connectivity index (χ1) is 19.3. The first-order valence-electron chi connectivity index (χ1n) is 12.9. The van der Waals surface area contributed by atoms with E-state index in [-0.39, 0.29) is 0 Å². The standard InChI is InChI=1S/C32H17N7/c1-3-8-20-14-25-23(12-18(20)6-1)35-31-37(25)27-16-22(30-33-10-5-11-34-30)17-28-29(27)39(31)32-36-24-13-19-7-2-4-9-21(19)15-26(24)38(28)32/h1-17H. The summed E-state index contributed by atoms with van der Waals surface area (Å²) in [5, 5.41) is 4.72. The fourth-order valence-corrected chi connectivity index (χ4v) is 6.32. The van der Waals surface area contributed by atoms with E-state index in [2.05, 4.69) is 108 Å². The molecule has 10 aromatic rings. The number of nitrogens with zero attached hydrogens (tertiary/aromatic N) is 7. The van der Waals surface area contributed by atoms with Gasteiger partial charge in [-0.05, 0) is 64.0 Å². The minimum Gasteiger partial charge on any atom is -0.276 e. The summed E-state index contributed by atoms with van der Waals surface area (Å²) in [7, 11) is 0. The lowest BCUT2D eigenvalue weighted by molar-refractivity contribution is 1.15. The Morgan fingerprint density at radius 2 is 0.949 bits per heavy atom. The molecule has 7 nitrogen and oxygen atoms in total. The zero-order valence-corrected chi connectivity index (χ0v) is 20.4. The van der Waals surface area contributed by atoms with Crippen molar-refractivity contribution >= 4 is 71.7 Å². The molecule has 0 bridgehead atoms. The lowest BCUT2D eigenvalue weighted by Gasteiger charge is -2.04. The summed E-state index contributed by atoms with van der Waals surface area (Å²) in [5.74, 6) is 2.39. The summed E-state index contributed by atoms with van der Waals surface area (Å²) >= 11 is 0. The second-order valence-electron chi connectivity index (χ2n) is 10.1. The van der Waals surface area contributed by atoms with Crippen LogP contribution in [0.15, 0.2) is 103 Å². The largest absolute Gasteiger partial charge is 0.276 e. The Balaban J connectivity index is 1.47. The van der Waals surface area contributed by atoms with Gasteiger partial charge < -0.3 is 0 Å². The van der Waals surface area contributed by atoms with Crippen LogP contribution in [0.5, 0.6) is 0 Å². The Kier molecular flexibility index (Phi) is 3.33. The van der Waals surface area contributed by atoms with Gasteiger partial charge in [-0.1, -0.05) is 48.5 Å². The highest BCUT2D eigenvalue weighted by Crippen LogP contribution is 2.38. The van der Waals surface area contributed by atoms with Gasteiger partial charge in [-0.15, -0.1) is 0 Å². The van der Waals surface area contributed by atoms with E-state index in [4.69, 9.17) is 9.97 Å². The van der Waals surface area contributed by atoms with Crippen LogP contribution in [0.4, 0.5) is 0 Å². The molecule has 7 heteroatoms. The number of hydrogen-bond donors (Lipinski definition) is 0. The van der Waals surface area contributed by atoms with Crippen LogP contribution in [0.2, 0.25) is 0 Å². The SMILES string of the molecule is c1cnc(-c2cc3c4c(c2)n2c5cc6ccccc6cc5nc2n4c2nc4cc5ccccc5cc4n32)nc1. The maximum Gasteiger partial charge on any atom is 0.223 e. The van der Waals surface area contributed by atoms with Crippen LogP contribution < -0.4 is 0 Å². The predicted octanol–water partition coefficient (Wildman–Crippen LogP) is 6.90. The molecule has 0 atom stereocenters. The molecule has 0 saturated carbocycles. The first kappa shape index (κ1) is 19.5. The molecular weight excluding hydrogens is 482 g/mol. The van der Waals surface area contributed by atoms with Crippen molar-refractivity contribution in [1.29, 1.82) is 0 Å². The van der Waals surface area contributed by atoms with Gasteiger partial charge >= 0.3 is 0 Å². The van der Waals surface area contributed by atoms with Crippen LogP contribution in [0.25, 0.3) is 83.1 Å². The molecule has 0 aliphatic heterocycles. The Hall–Kier alpha value is -5.56. The highest BCUT2D eigenvalue weighted by atomic mass is 15.3. The van der Waals surface area contributed by atoms with Crippen molar-refractivity contribution in [3.05, 3.63) is 103 Å². The van der Waals surface area contributed by atoms with Crippen molar-refractivity contribution in [3.8, 4) is 11.4 Å². The first-order valence-corrected chi connectivity index (χ1v) is 12.9. The normalized spacial score (nSPS) is 12.6. The second kappa shape index (κ2) is 6.65. The van der Waals surface area contributed by atoms with E-state index < -0.39 is 0 Å². The summed E-state index contributed by atoms with van der Waals surface area (Å²) in [6.45, 7) is 0. The summed E-state index contributed by atoms with van der Waals surface area (Å²) < 4.78 is 6.72. The Morgan fingerprint density at radius 3 is 1.46 bits per heavy atom. The van der Waals surface area contributed by atoms with Gasteiger partial charge in [0.05, 0.1) is 33.1 Å². The van der Waals surface area contributed by atoms with E-state index in [9.17, 15) is 0 Å². The van der Waals surface area contributed by atoms with Crippen LogP contribution in [0.3, 0.4) is 0 Å². The Labute approximate surface area is 219 Å². The van der Waals surface area contributed by atoms with Crippen LogP contribution in [-0.4, -0.2) is 33.1 Å². The van der Waals surface area contributed by atoms with Gasteiger partial charge in [0.25, 0.3) is 0 Å². The molecule has 0 aliphatic rings. The predicted molar refractivity (Wildman–Crippen MR) is 155 cm³/mol. The van der Waals surface area contributed by atoms with Crippen LogP contribution in [0, 0.1) is 0 Å². The number of imidazole rings is 4. The van der Waals surface area contributed by atoms with Gasteiger partial charge in [0, 0.05) is 18.0 Å². The molecule has 10 rings (SSSR count). The van der Waals surface area contributed by atoms with Gasteiger partial charge in [0.15, 0.2) is 5.82 Å². The molecule has 0 spiro atoms. The van der Waals surface area contributed by atoms with Gasteiger partial charge in [0.1, 0.15) is 5.52 Å². The smallest absolute Gasteiger partial charge is 0.223 e. The van der Waals surface area contributed by atoms with E-state index in [1.54, 1.807) is 12.4 Å². The number of fused-ring (bicyclic) bond motifs is 12. The lowest BCUT2D eigenvalue weighted by Crippen LogP contribution is -1.91. The monoisotopic (exact) mass is 499 g/mol. The third-order valence-electron chi connectivity index (χ3n) is 8.01. The van der Waals surface area contributed by atoms with Crippen molar-refractivity contribution in [1.82, 2.24) is 33.1 Å². The van der Waals surface area contributed by atoms with Crippen molar-refractivity contribution in [2.75, 3.05) is 0 Å². The van der Waals surface area contributed by atoms with Crippen LogP contribution >= 0.6 is 0 Å². The average Bonchev–Trinajstić information content (AvgIpc) is 3.69. The molecule has 39 heavy (non-hydrogen) atoms. The van der Waals surface area contributed by atoms with Gasteiger partial charge in [0.2, 0.25) is 11.6 Å². The highest BCUT2D eigenvalue weighted by molar-refractivity contribution is 6.08. The van der Waals surface area contributed by atoms with E-state index in [1.165, 1.54) is 21.5 Å². The van der Waals surface area contributed by atoms with E-state index in [0.29, 0.717) is 5.82 Å². The molecule has 0 aliphatic carbocycles. The fourth-order valence-electron chi connectivity index (χ4n) is 6.32. The molecule has 0 N–H and O–H groups in total. The quantitative estimate of drug-likeness (QED) is 0.247. The van der Waals surface area contributed by atoms with Crippen molar-refractivity contribution in [2.24, 2.45) is 0 Å². The third-order valence-corrected chi connectivity index (χ3v) is 8.01. The third kappa shape index (κ3) is 2.38. The number of aromatic nitrogens is 7. The number of benzene rings is 5. The fraction of sp³-hybridized carbons (Fsp3) is 0. The molecule has 0 saturated heterocycles. The summed E-state index contributed by atoms with van der Waals surface area (Å²) in [4.78, 5) is 19.5. The van der Waals surface area contributed by atoms with Gasteiger partial charge in [-0.25, -0.2) is 24.3 Å². The molecule has 0 fully saturated rings. The molecular formula is C32H17N7.